The maximum atomic E-state index is 10.4. The van der Waals surface area contributed by atoms with Crippen molar-refractivity contribution in [2.45, 2.75) is 23.8 Å². The van der Waals surface area contributed by atoms with E-state index in [2.05, 4.69) is 9.97 Å². The molecule has 0 fully saturated rings. The molecule has 0 aliphatic carbocycles. The fourth-order valence-corrected chi connectivity index (χ4v) is 1.74. The Morgan fingerprint density at radius 2 is 2.21 bits per heavy atom. The summed E-state index contributed by atoms with van der Waals surface area (Å²) in [6.07, 6.45) is 3.07. The average molecular weight is 233 g/mol. The minimum atomic E-state index is -0.820. The first kappa shape index (κ1) is 11.3. The highest BCUT2D eigenvalue weighted by atomic mass is 35.5. The van der Waals surface area contributed by atoms with E-state index in [-0.39, 0.29) is 11.7 Å². The zero-order valence-electron chi connectivity index (χ0n) is 7.48. The molecule has 0 aliphatic rings. The molecule has 0 saturated heterocycles. The molecule has 0 saturated carbocycles. The Bertz CT molecular complexity index is 318. The molecule has 1 heterocycles. The average Bonchev–Trinajstić information content (AvgIpc) is 2.07. The standard InChI is InChI=1S/C8H9ClN2O2S/c1-5(2-7(12)13)14-8-10-3-6(9)4-11-8/h3-5H,2H2,1H3,(H,12,13). The summed E-state index contributed by atoms with van der Waals surface area (Å²) in [6, 6.07) is 0. The van der Waals surface area contributed by atoms with Gasteiger partial charge >= 0.3 is 5.97 Å². The highest BCUT2D eigenvalue weighted by molar-refractivity contribution is 7.99. The number of hydrogen-bond acceptors (Lipinski definition) is 4. The van der Waals surface area contributed by atoms with Crippen LogP contribution in [0.15, 0.2) is 17.6 Å². The third-order valence-corrected chi connectivity index (χ3v) is 2.55. The molecule has 76 valence electrons. The van der Waals surface area contributed by atoms with Crippen molar-refractivity contribution in [2.75, 3.05) is 0 Å². The van der Waals surface area contributed by atoms with Gasteiger partial charge in [0.25, 0.3) is 0 Å². The lowest BCUT2D eigenvalue weighted by Gasteiger charge is -2.05. The van der Waals surface area contributed by atoms with Gasteiger partial charge in [0.1, 0.15) is 0 Å². The molecule has 0 aliphatic heterocycles. The molecule has 0 spiro atoms. The largest absolute Gasteiger partial charge is 0.481 e. The number of carboxylic acid groups (broad SMARTS) is 1. The highest BCUT2D eigenvalue weighted by Gasteiger charge is 2.10. The first-order chi connectivity index (χ1) is 6.58. The molecule has 6 heteroatoms. The van der Waals surface area contributed by atoms with Crippen LogP contribution in [-0.4, -0.2) is 26.3 Å². The van der Waals surface area contributed by atoms with Crippen molar-refractivity contribution in [2.24, 2.45) is 0 Å². The molecular weight excluding hydrogens is 224 g/mol. The Kier molecular flexibility index (Phi) is 4.16. The van der Waals surface area contributed by atoms with Gasteiger partial charge in [0.05, 0.1) is 23.8 Å². The van der Waals surface area contributed by atoms with Gasteiger partial charge < -0.3 is 5.11 Å². The molecule has 0 bridgehead atoms. The number of halogens is 1. The van der Waals surface area contributed by atoms with Gasteiger partial charge in [-0.25, -0.2) is 9.97 Å². The number of nitrogens with zero attached hydrogens (tertiary/aromatic N) is 2. The number of aromatic nitrogens is 2. The van der Waals surface area contributed by atoms with Crippen LogP contribution in [-0.2, 0) is 4.79 Å². The van der Waals surface area contributed by atoms with Gasteiger partial charge in [-0.3, -0.25) is 4.79 Å². The highest BCUT2D eigenvalue weighted by Crippen LogP contribution is 2.21. The minimum Gasteiger partial charge on any atom is -0.481 e. The van der Waals surface area contributed by atoms with Crippen molar-refractivity contribution in [1.29, 1.82) is 0 Å². The molecule has 1 aromatic rings. The van der Waals surface area contributed by atoms with Crippen molar-refractivity contribution in [3.63, 3.8) is 0 Å². The van der Waals surface area contributed by atoms with Gasteiger partial charge in [0.15, 0.2) is 5.16 Å². The summed E-state index contributed by atoms with van der Waals surface area (Å²) in [7, 11) is 0. The quantitative estimate of drug-likeness (QED) is 0.636. The monoisotopic (exact) mass is 232 g/mol. The van der Waals surface area contributed by atoms with Crippen molar-refractivity contribution < 1.29 is 9.90 Å². The second kappa shape index (κ2) is 5.17. The Labute approximate surface area is 90.7 Å². The maximum Gasteiger partial charge on any atom is 0.304 e. The van der Waals surface area contributed by atoms with Gasteiger partial charge in [-0.15, -0.1) is 0 Å². The normalized spacial score (nSPS) is 12.4. The Hall–Kier alpha value is -0.810. The number of thioether (sulfide) groups is 1. The first-order valence-corrected chi connectivity index (χ1v) is 5.19. The van der Waals surface area contributed by atoms with E-state index in [0.29, 0.717) is 10.2 Å². The summed E-state index contributed by atoms with van der Waals surface area (Å²) < 4.78 is 0. The molecule has 4 nitrogen and oxygen atoms in total. The smallest absolute Gasteiger partial charge is 0.304 e. The third-order valence-electron chi connectivity index (χ3n) is 1.37. The number of hydrogen-bond donors (Lipinski definition) is 1. The molecule has 14 heavy (non-hydrogen) atoms. The molecule has 0 aromatic carbocycles. The van der Waals surface area contributed by atoms with E-state index in [9.17, 15) is 4.79 Å². The second-order valence-electron chi connectivity index (χ2n) is 2.71. The summed E-state index contributed by atoms with van der Waals surface area (Å²) in [6.45, 7) is 1.82. The van der Waals surface area contributed by atoms with Crippen molar-refractivity contribution in [3.05, 3.63) is 17.4 Å². The number of carboxylic acids is 1. The Morgan fingerprint density at radius 1 is 1.64 bits per heavy atom. The fraction of sp³-hybridized carbons (Fsp3) is 0.375. The number of rotatable bonds is 4. The van der Waals surface area contributed by atoms with Crippen LogP contribution in [0, 0.1) is 0 Å². The Morgan fingerprint density at radius 3 is 2.71 bits per heavy atom. The van der Waals surface area contributed by atoms with E-state index in [1.54, 1.807) is 0 Å². The van der Waals surface area contributed by atoms with Gasteiger partial charge in [-0.05, 0) is 0 Å². The summed E-state index contributed by atoms with van der Waals surface area (Å²) in [5.74, 6) is -0.820. The lowest BCUT2D eigenvalue weighted by atomic mass is 10.3. The zero-order valence-corrected chi connectivity index (χ0v) is 9.05. The molecule has 0 amide bonds. The topological polar surface area (TPSA) is 63.1 Å². The van der Waals surface area contributed by atoms with Crippen LogP contribution in [0.25, 0.3) is 0 Å². The van der Waals surface area contributed by atoms with E-state index in [0.717, 1.165) is 0 Å². The third kappa shape index (κ3) is 3.93. The van der Waals surface area contributed by atoms with E-state index in [4.69, 9.17) is 16.7 Å². The molecule has 1 unspecified atom stereocenters. The van der Waals surface area contributed by atoms with Crippen LogP contribution in [0.5, 0.6) is 0 Å². The van der Waals surface area contributed by atoms with Crippen molar-refractivity contribution in [1.82, 2.24) is 9.97 Å². The molecule has 1 N–H and O–H groups in total. The molecule has 1 aromatic heterocycles. The maximum absolute atomic E-state index is 10.4. The predicted octanol–water partition coefficient (Wildman–Crippen LogP) is 2.09. The molecule has 0 radical (unpaired) electrons. The molecular formula is C8H9ClN2O2S. The fourth-order valence-electron chi connectivity index (χ4n) is 0.829. The van der Waals surface area contributed by atoms with Crippen LogP contribution in [0.3, 0.4) is 0 Å². The van der Waals surface area contributed by atoms with E-state index >= 15 is 0 Å². The van der Waals surface area contributed by atoms with E-state index < -0.39 is 5.97 Å². The molecule has 1 atom stereocenters. The van der Waals surface area contributed by atoms with E-state index in [1.807, 2.05) is 6.92 Å². The first-order valence-electron chi connectivity index (χ1n) is 3.94. The summed E-state index contributed by atoms with van der Waals surface area (Å²) in [4.78, 5) is 18.3. The van der Waals surface area contributed by atoms with Gasteiger partial charge in [0, 0.05) is 5.25 Å². The van der Waals surface area contributed by atoms with Crippen molar-refractivity contribution >= 4 is 29.3 Å². The van der Waals surface area contributed by atoms with Crippen LogP contribution in [0.2, 0.25) is 5.02 Å². The van der Waals surface area contributed by atoms with Gasteiger partial charge in [0.2, 0.25) is 0 Å². The van der Waals surface area contributed by atoms with Gasteiger partial charge in [-0.1, -0.05) is 30.3 Å². The van der Waals surface area contributed by atoms with Crippen LogP contribution in [0.1, 0.15) is 13.3 Å². The van der Waals surface area contributed by atoms with Crippen LogP contribution < -0.4 is 0 Å². The SMILES string of the molecule is CC(CC(=O)O)Sc1ncc(Cl)cn1. The van der Waals surface area contributed by atoms with Crippen LogP contribution in [0.4, 0.5) is 0 Å². The molecule has 1 rings (SSSR count). The van der Waals surface area contributed by atoms with E-state index in [1.165, 1.54) is 24.2 Å². The zero-order chi connectivity index (χ0) is 10.6. The summed E-state index contributed by atoms with van der Waals surface area (Å²) in [5, 5.41) is 9.50. The van der Waals surface area contributed by atoms with Gasteiger partial charge in [-0.2, -0.15) is 0 Å². The minimum absolute atomic E-state index is 0.0475. The number of aliphatic carboxylic acids is 1. The second-order valence-corrected chi connectivity index (χ2v) is 4.55. The summed E-state index contributed by atoms with van der Waals surface area (Å²) >= 11 is 6.92. The lowest BCUT2D eigenvalue weighted by molar-refractivity contribution is -0.136. The van der Waals surface area contributed by atoms with Crippen molar-refractivity contribution in [3.8, 4) is 0 Å². The predicted molar refractivity (Wildman–Crippen MR) is 54.6 cm³/mol. The lowest BCUT2D eigenvalue weighted by Crippen LogP contribution is -2.06. The van der Waals surface area contributed by atoms with Crippen LogP contribution >= 0.6 is 23.4 Å². The summed E-state index contributed by atoms with van der Waals surface area (Å²) in [5.41, 5.74) is 0. The number of carbonyl (C=O) groups is 1. The Balaban J connectivity index is 2.51.